The summed E-state index contributed by atoms with van der Waals surface area (Å²) in [6.45, 7) is -0.169. The summed E-state index contributed by atoms with van der Waals surface area (Å²) in [4.78, 5) is 23.3. The molecule has 6 nitrogen and oxygen atoms in total. The lowest BCUT2D eigenvalue weighted by Crippen LogP contribution is -2.53. The van der Waals surface area contributed by atoms with Gasteiger partial charge in [0.05, 0.1) is 0 Å². The average Bonchev–Trinajstić information content (AvgIpc) is 2.54. The summed E-state index contributed by atoms with van der Waals surface area (Å²) in [5.41, 5.74) is 11.8. The number of fused-ring (bicyclic) bond motifs is 2. The van der Waals surface area contributed by atoms with Gasteiger partial charge in [-0.2, -0.15) is 0 Å². The van der Waals surface area contributed by atoms with Gasteiger partial charge >= 0.3 is 0 Å². The molecule has 2 amide bonds. The topological polar surface area (TPSA) is 107 Å². The van der Waals surface area contributed by atoms with Crippen molar-refractivity contribution < 1.29 is 14.3 Å². The van der Waals surface area contributed by atoms with Gasteiger partial charge in [0.2, 0.25) is 0 Å². The first-order chi connectivity index (χ1) is 11.5. The molecular weight excluding hydrogens is 342 g/mol. The van der Waals surface area contributed by atoms with Gasteiger partial charge in [-0.05, 0) is 61.8 Å². The second-order valence-electron chi connectivity index (χ2n) is 6.96. The molecule has 25 heavy (non-hydrogen) atoms. The van der Waals surface area contributed by atoms with Gasteiger partial charge in [-0.1, -0.05) is 6.42 Å². The van der Waals surface area contributed by atoms with Gasteiger partial charge in [-0.15, -0.1) is 12.4 Å². The molecule has 5 N–H and O–H groups in total. The number of hydrogen-bond donors (Lipinski definition) is 3. The molecule has 2 aliphatic rings. The van der Waals surface area contributed by atoms with Crippen LogP contribution in [-0.4, -0.2) is 30.5 Å². The number of rotatable bonds is 5. The van der Waals surface area contributed by atoms with Gasteiger partial charge < -0.3 is 21.5 Å². The summed E-state index contributed by atoms with van der Waals surface area (Å²) in [5, 5.41) is 3.22. The van der Waals surface area contributed by atoms with Crippen molar-refractivity contribution in [3.8, 4) is 5.75 Å². The Balaban J connectivity index is 0.00000225. The van der Waals surface area contributed by atoms with Crippen molar-refractivity contribution in [3.63, 3.8) is 0 Å². The summed E-state index contributed by atoms with van der Waals surface area (Å²) in [6.07, 6.45) is 5.53. The van der Waals surface area contributed by atoms with E-state index in [1.165, 1.54) is 6.42 Å². The number of primary amides is 1. The molecule has 2 unspecified atom stereocenters. The average molecular weight is 368 g/mol. The smallest absolute Gasteiger partial charge is 0.255 e. The Morgan fingerprint density at radius 2 is 1.72 bits per heavy atom. The summed E-state index contributed by atoms with van der Waals surface area (Å²) in [6, 6.07) is 7.27. The van der Waals surface area contributed by atoms with Crippen LogP contribution in [-0.2, 0) is 4.79 Å². The Morgan fingerprint density at radius 3 is 2.28 bits per heavy atom. The van der Waals surface area contributed by atoms with E-state index in [4.69, 9.17) is 16.2 Å². The number of nitrogens with two attached hydrogens (primary N) is 2. The molecule has 2 atom stereocenters. The normalized spacial score (nSPS) is 27.7. The Kier molecular flexibility index (Phi) is 6.67. The Hall–Kier alpha value is -1.79. The van der Waals surface area contributed by atoms with Gasteiger partial charge in [-0.3, -0.25) is 9.59 Å². The third-order valence-electron chi connectivity index (χ3n) is 5.17. The predicted molar refractivity (Wildman–Crippen MR) is 97.7 cm³/mol. The largest absolute Gasteiger partial charge is 0.484 e. The summed E-state index contributed by atoms with van der Waals surface area (Å²) in [7, 11) is 0. The maximum absolute atomic E-state index is 12.5. The van der Waals surface area contributed by atoms with E-state index in [1.54, 1.807) is 24.3 Å². The molecule has 0 heterocycles. The van der Waals surface area contributed by atoms with Crippen LogP contribution in [0.25, 0.3) is 0 Å². The van der Waals surface area contributed by atoms with E-state index < -0.39 is 5.91 Å². The first-order valence-corrected chi connectivity index (χ1v) is 8.60. The summed E-state index contributed by atoms with van der Waals surface area (Å²) >= 11 is 0. The molecule has 2 aliphatic carbocycles. The Morgan fingerprint density at radius 1 is 1.12 bits per heavy atom. The fraction of sp³-hybridized carbons (Fsp3) is 0.556. The quantitative estimate of drug-likeness (QED) is 0.734. The molecule has 138 valence electrons. The number of carbonyl (C=O) groups excluding carboxylic acids is 2. The van der Waals surface area contributed by atoms with E-state index in [-0.39, 0.29) is 37.0 Å². The number of ether oxygens (including phenoxy) is 1. The third kappa shape index (κ3) is 4.86. The molecule has 0 saturated heterocycles. The minimum absolute atomic E-state index is 0. The molecule has 0 aliphatic heterocycles. The number of hydrogen-bond acceptors (Lipinski definition) is 4. The third-order valence-corrected chi connectivity index (χ3v) is 5.17. The van der Waals surface area contributed by atoms with E-state index in [9.17, 15) is 9.59 Å². The van der Waals surface area contributed by atoms with Gasteiger partial charge in [-0.25, -0.2) is 0 Å². The fourth-order valence-corrected chi connectivity index (χ4v) is 4.12. The van der Waals surface area contributed by atoms with Crippen molar-refractivity contribution in [2.24, 2.45) is 23.3 Å². The molecule has 2 bridgehead atoms. The van der Waals surface area contributed by atoms with Crippen LogP contribution in [0.2, 0.25) is 0 Å². The van der Waals surface area contributed by atoms with E-state index in [2.05, 4.69) is 5.32 Å². The van der Waals surface area contributed by atoms with Crippen LogP contribution in [0, 0.1) is 11.8 Å². The van der Waals surface area contributed by atoms with Crippen molar-refractivity contribution in [1.29, 1.82) is 0 Å². The fourth-order valence-electron chi connectivity index (χ4n) is 4.12. The molecule has 1 aromatic carbocycles. The monoisotopic (exact) mass is 367 g/mol. The van der Waals surface area contributed by atoms with Gasteiger partial charge in [0, 0.05) is 17.6 Å². The highest BCUT2D eigenvalue weighted by atomic mass is 35.5. The summed E-state index contributed by atoms with van der Waals surface area (Å²) < 4.78 is 5.20. The second-order valence-corrected chi connectivity index (χ2v) is 6.96. The Labute approximate surface area is 154 Å². The lowest BCUT2D eigenvalue weighted by molar-refractivity contribution is -0.119. The SMILES string of the molecule is Cl.NC(=O)COc1ccc(C(=O)NC2C3CCCC2CC(N)C3)cc1. The van der Waals surface area contributed by atoms with E-state index in [0.717, 1.165) is 25.7 Å². The van der Waals surface area contributed by atoms with Crippen molar-refractivity contribution in [1.82, 2.24) is 5.32 Å². The lowest BCUT2D eigenvalue weighted by atomic mass is 9.67. The molecule has 0 radical (unpaired) electrons. The molecule has 2 fully saturated rings. The Bertz CT molecular complexity index is 594. The minimum atomic E-state index is -0.529. The van der Waals surface area contributed by atoms with E-state index in [0.29, 0.717) is 23.1 Å². The highest BCUT2D eigenvalue weighted by Crippen LogP contribution is 2.39. The van der Waals surface area contributed by atoms with Crippen molar-refractivity contribution in [3.05, 3.63) is 29.8 Å². The molecule has 2 saturated carbocycles. The predicted octanol–water partition coefficient (Wildman–Crippen LogP) is 1.61. The summed E-state index contributed by atoms with van der Waals surface area (Å²) in [5.74, 6) is 0.919. The van der Waals surface area contributed by atoms with Crippen molar-refractivity contribution in [2.75, 3.05) is 6.61 Å². The zero-order chi connectivity index (χ0) is 17.1. The number of amides is 2. The van der Waals surface area contributed by atoms with Crippen molar-refractivity contribution >= 4 is 24.2 Å². The minimum Gasteiger partial charge on any atom is -0.484 e. The molecule has 1 aromatic rings. The van der Waals surface area contributed by atoms with Crippen molar-refractivity contribution in [2.45, 2.75) is 44.2 Å². The van der Waals surface area contributed by atoms with Gasteiger partial charge in [0.15, 0.2) is 6.61 Å². The van der Waals surface area contributed by atoms with E-state index >= 15 is 0 Å². The van der Waals surface area contributed by atoms with Gasteiger partial charge in [0.25, 0.3) is 11.8 Å². The molecule has 3 rings (SSSR count). The lowest BCUT2D eigenvalue weighted by Gasteiger charge is -2.45. The van der Waals surface area contributed by atoms with Crippen LogP contribution in [0.3, 0.4) is 0 Å². The number of halogens is 1. The first kappa shape index (κ1) is 19.5. The molecular formula is C18H26ClN3O3. The van der Waals surface area contributed by atoms with Crippen LogP contribution < -0.4 is 21.5 Å². The van der Waals surface area contributed by atoms with E-state index in [1.807, 2.05) is 0 Å². The van der Waals surface area contributed by atoms with Crippen LogP contribution in [0.4, 0.5) is 0 Å². The molecule has 0 spiro atoms. The number of carbonyl (C=O) groups is 2. The maximum Gasteiger partial charge on any atom is 0.255 e. The van der Waals surface area contributed by atoms with Crippen LogP contribution >= 0.6 is 12.4 Å². The van der Waals surface area contributed by atoms with Gasteiger partial charge in [0.1, 0.15) is 5.75 Å². The number of nitrogens with one attached hydrogen (secondary N) is 1. The number of benzene rings is 1. The highest BCUT2D eigenvalue weighted by molar-refractivity contribution is 5.94. The molecule has 0 aromatic heterocycles. The zero-order valence-electron chi connectivity index (χ0n) is 14.1. The standard InChI is InChI=1S/C18H25N3O3.ClH/c19-14-8-12-2-1-3-13(9-14)17(12)21-18(23)11-4-6-15(7-5-11)24-10-16(20)22;/h4-7,12-14,17H,1-3,8-10,19H2,(H2,20,22)(H,21,23);1H. The zero-order valence-corrected chi connectivity index (χ0v) is 15.0. The van der Waals surface area contributed by atoms with Crippen LogP contribution in [0.1, 0.15) is 42.5 Å². The molecule has 7 heteroatoms. The highest BCUT2D eigenvalue weighted by Gasteiger charge is 2.39. The first-order valence-electron chi connectivity index (χ1n) is 8.60. The van der Waals surface area contributed by atoms with Crippen LogP contribution in [0.5, 0.6) is 5.75 Å². The van der Waals surface area contributed by atoms with Crippen LogP contribution in [0.15, 0.2) is 24.3 Å². The maximum atomic E-state index is 12.5. The second kappa shape index (κ2) is 8.54.